The summed E-state index contributed by atoms with van der Waals surface area (Å²) in [6.07, 6.45) is 1.64. The molecule has 1 amide bonds. The molecule has 0 radical (unpaired) electrons. The van der Waals surface area contributed by atoms with Crippen LogP contribution in [0, 0.1) is 0 Å². The predicted molar refractivity (Wildman–Crippen MR) is 86.0 cm³/mol. The van der Waals surface area contributed by atoms with Crippen molar-refractivity contribution in [1.29, 1.82) is 0 Å². The second kappa shape index (κ2) is 5.40. The molecule has 23 heavy (non-hydrogen) atoms. The lowest BCUT2D eigenvalue weighted by atomic mass is 10.2. The van der Waals surface area contributed by atoms with E-state index in [2.05, 4.69) is 36.4 Å². The summed E-state index contributed by atoms with van der Waals surface area (Å²) < 4.78 is 11.3. The lowest BCUT2D eigenvalue weighted by molar-refractivity contribution is 0.102. The average molecular weight is 373 g/mol. The summed E-state index contributed by atoms with van der Waals surface area (Å²) in [5.41, 5.74) is 1.38. The van der Waals surface area contributed by atoms with Crippen LogP contribution in [0.15, 0.2) is 56.1 Å². The molecule has 0 fully saturated rings. The van der Waals surface area contributed by atoms with Gasteiger partial charge in [0.15, 0.2) is 10.4 Å². The summed E-state index contributed by atoms with van der Waals surface area (Å²) in [7, 11) is 0. The van der Waals surface area contributed by atoms with E-state index in [-0.39, 0.29) is 17.8 Å². The number of carbonyl (C=O) groups excluding carboxylic acids is 1. The molecule has 4 aromatic rings. The Labute approximate surface area is 137 Å². The monoisotopic (exact) mass is 372 g/mol. The zero-order chi connectivity index (χ0) is 15.8. The van der Waals surface area contributed by atoms with E-state index >= 15 is 0 Å². The number of H-pyrrole nitrogens is 1. The second-order valence-electron chi connectivity index (χ2n) is 4.72. The maximum absolute atomic E-state index is 12.3. The number of aromatic nitrogens is 3. The Morgan fingerprint density at radius 3 is 2.83 bits per heavy atom. The first-order valence-electron chi connectivity index (χ1n) is 6.67. The van der Waals surface area contributed by atoms with E-state index in [0.29, 0.717) is 16.0 Å². The van der Waals surface area contributed by atoms with Crippen LogP contribution in [-0.4, -0.2) is 21.1 Å². The number of nitrogens with one attached hydrogen (secondary N) is 2. The van der Waals surface area contributed by atoms with Gasteiger partial charge < -0.3 is 13.8 Å². The number of anilines is 1. The zero-order valence-corrected chi connectivity index (χ0v) is 13.1. The standard InChI is InChI=1S/C15H9BrN4O3/c16-12-6-5-11(22-12)14-19-20-15(23-14)18-13(21)9-7-17-10-4-2-1-3-8(9)10/h1-7,17H,(H,18,20,21). The molecule has 0 aliphatic carbocycles. The largest absolute Gasteiger partial charge is 0.444 e. The summed E-state index contributed by atoms with van der Waals surface area (Å²) in [4.78, 5) is 15.4. The molecule has 0 saturated heterocycles. The van der Waals surface area contributed by atoms with Gasteiger partial charge in [-0.25, -0.2) is 0 Å². The Kier molecular flexibility index (Phi) is 3.23. The number of halogens is 1. The molecule has 8 heteroatoms. The number of furan rings is 1. The van der Waals surface area contributed by atoms with E-state index < -0.39 is 0 Å². The molecule has 0 aliphatic heterocycles. The molecule has 0 bridgehead atoms. The van der Waals surface area contributed by atoms with E-state index in [9.17, 15) is 4.79 Å². The van der Waals surface area contributed by atoms with Crippen LogP contribution < -0.4 is 5.32 Å². The quantitative estimate of drug-likeness (QED) is 0.569. The summed E-state index contributed by atoms with van der Waals surface area (Å²) in [6, 6.07) is 10.9. The highest BCUT2D eigenvalue weighted by atomic mass is 79.9. The first kappa shape index (κ1) is 13.8. The first-order chi connectivity index (χ1) is 11.2. The molecule has 7 nitrogen and oxygen atoms in total. The minimum atomic E-state index is -0.335. The summed E-state index contributed by atoms with van der Waals surface area (Å²) in [6.45, 7) is 0. The number of para-hydroxylation sites is 1. The topological polar surface area (TPSA) is 97.0 Å². The van der Waals surface area contributed by atoms with Gasteiger partial charge in [-0.15, -0.1) is 5.10 Å². The van der Waals surface area contributed by atoms with Crippen molar-refractivity contribution in [2.24, 2.45) is 0 Å². The van der Waals surface area contributed by atoms with Gasteiger partial charge in [0.1, 0.15) is 0 Å². The molecule has 0 saturated carbocycles. The van der Waals surface area contributed by atoms with Gasteiger partial charge in [-0.1, -0.05) is 23.3 Å². The molecule has 0 spiro atoms. The van der Waals surface area contributed by atoms with Gasteiger partial charge in [0.2, 0.25) is 0 Å². The molecule has 0 unspecified atom stereocenters. The number of benzene rings is 1. The fourth-order valence-corrected chi connectivity index (χ4v) is 2.53. The maximum atomic E-state index is 12.3. The van der Waals surface area contributed by atoms with Crippen LogP contribution in [0.1, 0.15) is 10.4 Å². The third-order valence-electron chi connectivity index (χ3n) is 3.26. The number of nitrogens with zero attached hydrogens (tertiary/aromatic N) is 2. The highest BCUT2D eigenvalue weighted by molar-refractivity contribution is 9.10. The molecule has 0 aliphatic rings. The summed E-state index contributed by atoms with van der Waals surface area (Å²) in [5.74, 6) is 0.264. The van der Waals surface area contributed by atoms with E-state index in [1.165, 1.54) is 0 Å². The number of rotatable bonds is 3. The lowest BCUT2D eigenvalue weighted by Gasteiger charge is -1.98. The van der Waals surface area contributed by atoms with Crippen molar-refractivity contribution < 1.29 is 13.6 Å². The van der Waals surface area contributed by atoms with Crippen LogP contribution in [-0.2, 0) is 0 Å². The van der Waals surface area contributed by atoms with Crippen molar-refractivity contribution in [2.45, 2.75) is 0 Å². The lowest BCUT2D eigenvalue weighted by Crippen LogP contribution is -2.11. The Morgan fingerprint density at radius 1 is 1.13 bits per heavy atom. The smallest absolute Gasteiger partial charge is 0.322 e. The van der Waals surface area contributed by atoms with Crippen molar-refractivity contribution in [3.05, 3.63) is 52.8 Å². The van der Waals surface area contributed by atoms with Gasteiger partial charge in [0.05, 0.1) is 5.56 Å². The molecule has 114 valence electrons. The predicted octanol–water partition coefficient (Wildman–Crippen LogP) is 3.83. The van der Waals surface area contributed by atoms with Crippen molar-refractivity contribution in [3.8, 4) is 11.7 Å². The molecule has 3 aromatic heterocycles. The number of hydrogen-bond donors (Lipinski definition) is 2. The number of amides is 1. The van der Waals surface area contributed by atoms with Gasteiger partial charge in [0.25, 0.3) is 11.8 Å². The van der Waals surface area contributed by atoms with Crippen LogP contribution in [0.25, 0.3) is 22.6 Å². The van der Waals surface area contributed by atoms with Gasteiger partial charge >= 0.3 is 6.01 Å². The van der Waals surface area contributed by atoms with Gasteiger partial charge in [-0.05, 0) is 34.1 Å². The van der Waals surface area contributed by atoms with E-state index in [1.807, 2.05) is 24.3 Å². The minimum absolute atomic E-state index is 0.00260. The molecule has 4 rings (SSSR count). The van der Waals surface area contributed by atoms with E-state index in [0.717, 1.165) is 10.9 Å². The maximum Gasteiger partial charge on any atom is 0.322 e. The van der Waals surface area contributed by atoms with Crippen molar-refractivity contribution in [2.75, 3.05) is 5.32 Å². The zero-order valence-electron chi connectivity index (χ0n) is 11.5. The molecule has 2 N–H and O–H groups in total. The van der Waals surface area contributed by atoms with Crippen LogP contribution in [0.5, 0.6) is 0 Å². The highest BCUT2D eigenvalue weighted by Gasteiger charge is 2.17. The fraction of sp³-hybridized carbons (Fsp3) is 0. The Hall–Kier alpha value is -2.87. The molecular weight excluding hydrogens is 364 g/mol. The van der Waals surface area contributed by atoms with Gasteiger partial charge in [-0.2, -0.15) is 0 Å². The van der Waals surface area contributed by atoms with Gasteiger partial charge in [0, 0.05) is 17.1 Å². The Morgan fingerprint density at radius 2 is 2.00 bits per heavy atom. The third kappa shape index (κ3) is 2.53. The summed E-state index contributed by atoms with van der Waals surface area (Å²) >= 11 is 3.20. The molecule has 0 atom stereocenters. The second-order valence-corrected chi connectivity index (χ2v) is 5.50. The number of hydrogen-bond acceptors (Lipinski definition) is 5. The number of carbonyl (C=O) groups is 1. The third-order valence-corrected chi connectivity index (χ3v) is 3.69. The Bertz CT molecular complexity index is 1000. The normalized spacial score (nSPS) is 11.0. The number of aromatic amines is 1. The minimum Gasteiger partial charge on any atom is -0.444 e. The Balaban J connectivity index is 1.58. The van der Waals surface area contributed by atoms with Crippen LogP contribution >= 0.6 is 15.9 Å². The van der Waals surface area contributed by atoms with Crippen LogP contribution in [0.4, 0.5) is 6.01 Å². The van der Waals surface area contributed by atoms with Crippen molar-refractivity contribution in [3.63, 3.8) is 0 Å². The number of fused-ring (bicyclic) bond motifs is 1. The molecular formula is C15H9BrN4O3. The van der Waals surface area contributed by atoms with Crippen LogP contribution in [0.3, 0.4) is 0 Å². The van der Waals surface area contributed by atoms with E-state index in [4.69, 9.17) is 8.83 Å². The van der Waals surface area contributed by atoms with Crippen molar-refractivity contribution in [1.82, 2.24) is 15.2 Å². The first-order valence-corrected chi connectivity index (χ1v) is 7.47. The highest BCUT2D eigenvalue weighted by Crippen LogP contribution is 2.25. The fourth-order valence-electron chi connectivity index (χ4n) is 2.23. The molecule has 1 aromatic carbocycles. The molecule has 3 heterocycles. The SMILES string of the molecule is O=C(Nc1nnc(-c2ccc(Br)o2)o1)c1c[nH]c2ccccc12. The van der Waals surface area contributed by atoms with E-state index in [1.54, 1.807) is 18.3 Å². The average Bonchev–Trinajstić information content (AvgIpc) is 3.25. The van der Waals surface area contributed by atoms with Crippen LogP contribution in [0.2, 0.25) is 0 Å². The van der Waals surface area contributed by atoms with Gasteiger partial charge in [-0.3, -0.25) is 10.1 Å². The van der Waals surface area contributed by atoms with Crippen molar-refractivity contribution >= 4 is 38.8 Å². The summed E-state index contributed by atoms with van der Waals surface area (Å²) in [5, 5.41) is 11.0.